The van der Waals surface area contributed by atoms with Crippen LogP contribution in [0.2, 0.25) is 0 Å². The van der Waals surface area contributed by atoms with E-state index in [9.17, 15) is 4.79 Å². The van der Waals surface area contributed by atoms with Crippen LogP contribution in [-0.4, -0.2) is 33.9 Å². The molecule has 2 rings (SSSR count). The summed E-state index contributed by atoms with van der Waals surface area (Å²) in [6.45, 7) is 4.29. The lowest BCUT2D eigenvalue weighted by molar-refractivity contribution is 0.200. The van der Waals surface area contributed by atoms with E-state index in [1.54, 1.807) is 7.11 Å². The predicted octanol–water partition coefficient (Wildman–Crippen LogP) is 0.966. The van der Waals surface area contributed by atoms with Gasteiger partial charge in [-0.15, -0.1) is 0 Å². The SMILES string of the molecule is COCCc1nc(-c2c(C)cc(C)[nH]c2=O)n[nH]1. The van der Waals surface area contributed by atoms with Crippen LogP contribution in [0.25, 0.3) is 11.4 Å². The molecule has 0 aromatic carbocycles. The standard InChI is InChI=1S/C12H16N4O2/c1-7-6-8(2)13-12(17)10(7)11-14-9(15-16-11)4-5-18-3/h6H,4-5H2,1-3H3,(H,13,17)(H,14,15,16). The highest BCUT2D eigenvalue weighted by Gasteiger charge is 2.13. The molecule has 96 valence electrons. The van der Waals surface area contributed by atoms with Gasteiger partial charge in [-0.1, -0.05) is 0 Å². The molecule has 0 aliphatic rings. The van der Waals surface area contributed by atoms with Crippen LogP contribution in [-0.2, 0) is 11.2 Å². The molecule has 0 radical (unpaired) electrons. The second-order valence-corrected chi connectivity index (χ2v) is 4.19. The van der Waals surface area contributed by atoms with Crippen molar-refractivity contribution < 1.29 is 4.74 Å². The predicted molar refractivity (Wildman–Crippen MR) is 67.5 cm³/mol. The number of ether oxygens (including phenoxy) is 1. The summed E-state index contributed by atoms with van der Waals surface area (Å²) < 4.78 is 4.97. The summed E-state index contributed by atoms with van der Waals surface area (Å²) in [6, 6.07) is 1.90. The van der Waals surface area contributed by atoms with E-state index in [1.165, 1.54) is 0 Å². The molecule has 6 heteroatoms. The van der Waals surface area contributed by atoms with Gasteiger partial charge >= 0.3 is 0 Å². The number of pyridine rings is 1. The van der Waals surface area contributed by atoms with E-state index in [0.29, 0.717) is 30.2 Å². The summed E-state index contributed by atoms with van der Waals surface area (Å²) in [5.41, 5.74) is 2.05. The molecule has 2 N–H and O–H groups in total. The van der Waals surface area contributed by atoms with Gasteiger partial charge in [0.2, 0.25) is 0 Å². The maximum Gasteiger partial charge on any atom is 0.259 e. The number of hydrogen-bond donors (Lipinski definition) is 2. The van der Waals surface area contributed by atoms with Crippen LogP contribution in [0.1, 0.15) is 17.1 Å². The normalized spacial score (nSPS) is 10.8. The number of methoxy groups -OCH3 is 1. The maximum absolute atomic E-state index is 11.9. The molecule has 0 saturated carbocycles. The van der Waals surface area contributed by atoms with Crippen LogP contribution in [0.4, 0.5) is 0 Å². The van der Waals surface area contributed by atoms with E-state index in [4.69, 9.17) is 4.74 Å². The van der Waals surface area contributed by atoms with Gasteiger partial charge < -0.3 is 9.72 Å². The zero-order chi connectivity index (χ0) is 13.1. The lowest BCUT2D eigenvalue weighted by Gasteiger charge is -2.01. The van der Waals surface area contributed by atoms with Crippen LogP contribution in [0.5, 0.6) is 0 Å². The van der Waals surface area contributed by atoms with Crippen molar-refractivity contribution in [1.82, 2.24) is 20.2 Å². The maximum atomic E-state index is 11.9. The number of aromatic nitrogens is 4. The monoisotopic (exact) mass is 248 g/mol. The Morgan fingerprint density at radius 2 is 2.17 bits per heavy atom. The second-order valence-electron chi connectivity index (χ2n) is 4.19. The molecule has 0 amide bonds. The molecule has 18 heavy (non-hydrogen) atoms. The fourth-order valence-electron chi connectivity index (χ4n) is 1.85. The van der Waals surface area contributed by atoms with Crippen LogP contribution in [0, 0.1) is 13.8 Å². The Morgan fingerprint density at radius 1 is 1.39 bits per heavy atom. The lowest BCUT2D eigenvalue weighted by atomic mass is 10.1. The summed E-state index contributed by atoms with van der Waals surface area (Å²) in [7, 11) is 1.63. The van der Waals surface area contributed by atoms with Crippen LogP contribution >= 0.6 is 0 Å². The third-order valence-corrected chi connectivity index (χ3v) is 2.66. The smallest absolute Gasteiger partial charge is 0.259 e. The van der Waals surface area contributed by atoms with Crippen molar-refractivity contribution in [3.05, 3.63) is 33.5 Å². The Hall–Kier alpha value is -1.95. The fraction of sp³-hybridized carbons (Fsp3) is 0.417. The van der Waals surface area contributed by atoms with Crippen molar-refractivity contribution >= 4 is 0 Å². The Balaban J connectivity index is 2.37. The Kier molecular flexibility index (Phi) is 3.57. The van der Waals surface area contributed by atoms with E-state index < -0.39 is 0 Å². The van der Waals surface area contributed by atoms with Crippen molar-refractivity contribution in [3.63, 3.8) is 0 Å². The van der Waals surface area contributed by atoms with Gasteiger partial charge in [0.05, 0.1) is 12.2 Å². The van der Waals surface area contributed by atoms with Crippen molar-refractivity contribution in [3.8, 4) is 11.4 Å². The molecule has 0 unspecified atom stereocenters. The summed E-state index contributed by atoms with van der Waals surface area (Å²) in [6.07, 6.45) is 0.645. The van der Waals surface area contributed by atoms with E-state index in [1.807, 2.05) is 19.9 Å². The van der Waals surface area contributed by atoms with Gasteiger partial charge in [0.1, 0.15) is 5.82 Å². The molecule has 0 fully saturated rings. The summed E-state index contributed by atoms with van der Waals surface area (Å²) in [4.78, 5) is 19.0. The van der Waals surface area contributed by atoms with Gasteiger partial charge in [-0.3, -0.25) is 9.89 Å². The molecule has 0 aliphatic carbocycles. The third-order valence-electron chi connectivity index (χ3n) is 2.66. The number of aryl methyl sites for hydroxylation is 2. The fourth-order valence-corrected chi connectivity index (χ4v) is 1.85. The average Bonchev–Trinajstić information content (AvgIpc) is 2.73. The molecule has 0 spiro atoms. The van der Waals surface area contributed by atoms with Gasteiger partial charge in [0, 0.05) is 19.2 Å². The van der Waals surface area contributed by atoms with Gasteiger partial charge in [-0.05, 0) is 25.5 Å². The zero-order valence-electron chi connectivity index (χ0n) is 10.7. The summed E-state index contributed by atoms with van der Waals surface area (Å²) in [5.74, 6) is 1.14. The van der Waals surface area contributed by atoms with E-state index in [-0.39, 0.29) is 5.56 Å². The molecule has 0 bridgehead atoms. The molecule has 0 atom stereocenters. The molecule has 6 nitrogen and oxygen atoms in total. The summed E-state index contributed by atoms with van der Waals surface area (Å²) >= 11 is 0. The first-order valence-electron chi connectivity index (χ1n) is 5.73. The van der Waals surface area contributed by atoms with Crippen molar-refractivity contribution in [1.29, 1.82) is 0 Å². The minimum Gasteiger partial charge on any atom is -0.384 e. The lowest BCUT2D eigenvalue weighted by Crippen LogP contribution is -2.12. The van der Waals surface area contributed by atoms with E-state index in [2.05, 4.69) is 20.2 Å². The highest BCUT2D eigenvalue weighted by Crippen LogP contribution is 2.15. The van der Waals surface area contributed by atoms with Crippen molar-refractivity contribution in [2.24, 2.45) is 0 Å². The van der Waals surface area contributed by atoms with Crippen LogP contribution in [0.15, 0.2) is 10.9 Å². The third kappa shape index (κ3) is 2.48. The van der Waals surface area contributed by atoms with Gasteiger partial charge in [-0.25, -0.2) is 4.98 Å². The van der Waals surface area contributed by atoms with Crippen LogP contribution < -0.4 is 5.56 Å². The number of nitrogens with one attached hydrogen (secondary N) is 2. The van der Waals surface area contributed by atoms with Gasteiger partial charge in [-0.2, -0.15) is 5.10 Å². The van der Waals surface area contributed by atoms with Gasteiger partial charge in [0.15, 0.2) is 5.82 Å². The van der Waals surface area contributed by atoms with Crippen molar-refractivity contribution in [2.45, 2.75) is 20.3 Å². The quantitative estimate of drug-likeness (QED) is 0.844. The number of H-pyrrole nitrogens is 2. The Morgan fingerprint density at radius 3 is 2.83 bits per heavy atom. The van der Waals surface area contributed by atoms with Crippen LogP contribution in [0.3, 0.4) is 0 Å². The molecular weight excluding hydrogens is 232 g/mol. The molecular formula is C12H16N4O2. The largest absolute Gasteiger partial charge is 0.384 e. The molecule has 0 aliphatic heterocycles. The first-order valence-corrected chi connectivity index (χ1v) is 5.73. The molecule has 2 aromatic heterocycles. The highest BCUT2D eigenvalue weighted by molar-refractivity contribution is 5.58. The van der Waals surface area contributed by atoms with Crippen molar-refractivity contribution in [2.75, 3.05) is 13.7 Å². The first kappa shape index (κ1) is 12.5. The number of rotatable bonds is 4. The minimum absolute atomic E-state index is 0.162. The molecule has 2 heterocycles. The van der Waals surface area contributed by atoms with E-state index in [0.717, 1.165) is 11.3 Å². The average molecular weight is 248 g/mol. The molecule has 2 aromatic rings. The zero-order valence-corrected chi connectivity index (χ0v) is 10.7. The first-order chi connectivity index (χ1) is 8.61. The topological polar surface area (TPSA) is 83.7 Å². The second kappa shape index (κ2) is 5.14. The highest BCUT2D eigenvalue weighted by atomic mass is 16.5. The number of hydrogen-bond acceptors (Lipinski definition) is 4. The minimum atomic E-state index is -0.162. The summed E-state index contributed by atoms with van der Waals surface area (Å²) in [5, 5.41) is 6.89. The molecule has 0 saturated heterocycles. The Bertz CT molecular complexity index is 600. The van der Waals surface area contributed by atoms with Gasteiger partial charge in [0.25, 0.3) is 5.56 Å². The number of aromatic amines is 2. The Labute approximate surface area is 104 Å². The number of nitrogens with zero attached hydrogens (tertiary/aromatic N) is 2. The van der Waals surface area contributed by atoms with E-state index >= 15 is 0 Å².